The Hall–Kier alpha value is -8.20. The lowest BCUT2D eigenvalue weighted by molar-refractivity contribution is 0.660. The topological polar surface area (TPSA) is 8.17 Å². The summed E-state index contributed by atoms with van der Waals surface area (Å²) < 4.78 is 2.55. The van der Waals surface area contributed by atoms with Gasteiger partial charge >= 0.3 is 0 Å². The van der Waals surface area contributed by atoms with Crippen molar-refractivity contribution in [3.8, 4) is 39.1 Å². The molecule has 0 amide bonds. The fraction of sp³-hybridized carbons (Fsp3) is 0.104. The third-order valence-corrected chi connectivity index (χ3v) is 16.2. The van der Waals surface area contributed by atoms with Gasteiger partial charge in [0.05, 0.1) is 16.4 Å². The average molecular weight is 883 g/mol. The summed E-state index contributed by atoms with van der Waals surface area (Å²) in [5.41, 5.74) is 24.7. The van der Waals surface area contributed by atoms with E-state index in [1.807, 2.05) is 0 Å². The van der Waals surface area contributed by atoms with Gasteiger partial charge in [0.2, 0.25) is 0 Å². The molecule has 0 spiro atoms. The van der Waals surface area contributed by atoms with Crippen LogP contribution in [-0.2, 0) is 16.2 Å². The highest BCUT2D eigenvalue weighted by atomic mass is 15.1. The first-order valence-corrected chi connectivity index (χ1v) is 24.4. The van der Waals surface area contributed by atoms with Gasteiger partial charge in [-0.2, -0.15) is 0 Å². The minimum absolute atomic E-state index is 0.128. The van der Waals surface area contributed by atoms with Crippen LogP contribution >= 0.6 is 0 Å². The smallest absolute Gasteiger partial charge is 0.0714 e. The van der Waals surface area contributed by atoms with Crippen LogP contribution in [0.2, 0.25) is 0 Å². The molecule has 0 radical (unpaired) electrons. The molecule has 328 valence electrons. The van der Waals surface area contributed by atoms with Gasteiger partial charge in [0.1, 0.15) is 0 Å². The summed E-state index contributed by atoms with van der Waals surface area (Å²) in [5, 5.41) is 2.75. The maximum absolute atomic E-state index is 2.57. The molecule has 0 bridgehead atoms. The number of aromatic nitrogens is 1. The zero-order chi connectivity index (χ0) is 46.2. The van der Waals surface area contributed by atoms with E-state index in [0.717, 1.165) is 22.7 Å². The third-order valence-electron chi connectivity index (χ3n) is 16.2. The highest BCUT2D eigenvalue weighted by Crippen LogP contribution is 2.63. The van der Waals surface area contributed by atoms with E-state index < -0.39 is 5.41 Å². The molecular formula is C67H50N2. The van der Waals surface area contributed by atoms with Crippen molar-refractivity contribution in [2.45, 2.75) is 43.9 Å². The molecule has 11 aromatic rings. The van der Waals surface area contributed by atoms with Gasteiger partial charge in [0.25, 0.3) is 0 Å². The van der Waals surface area contributed by atoms with E-state index in [4.69, 9.17) is 0 Å². The minimum atomic E-state index is -0.512. The van der Waals surface area contributed by atoms with Gasteiger partial charge in [0.15, 0.2) is 0 Å². The van der Waals surface area contributed by atoms with Gasteiger partial charge in [-0.15, -0.1) is 0 Å². The van der Waals surface area contributed by atoms with Crippen LogP contribution in [0.3, 0.4) is 0 Å². The Morgan fingerprint density at radius 1 is 0.348 bits per heavy atom. The Labute approximate surface area is 404 Å². The van der Waals surface area contributed by atoms with Crippen molar-refractivity contribution in [2.24, 2.45) is 0 Å². The Morgan fingerprint density at radius 2 is 0.913 bits per heavy atom. The van der Waals surface area contributed by atoms with Crippen LogP contribution in [0.25, 0.3) is 60.9 Å². The molecule has 10 aromatic carbocycles. The summed E-state index contributed by atoms with van der Waals surface area (Å²) in [7, 11) is 0. The summed E-state index contributed by atoms with van der Waals surface area (Å²) in [6.45, 7) is 9.63. The second kappa shape index (κ2) is 14.4. The molecule has 0 N–H and O–H groups in total. The van der Waals surface area contributed by atoms with Gasteiger partial charge in [-0.1, -0.05) is 198 Å². The molecule has 3 aliphatic rings. The Kier molecular flexibility index (Phi) is 8.33. The first-order valence-electron chi connectivity index (χ1n) is 24.4. The number of nitrogens with zero attached hydrogens (tertiary/aromatic N) is 2. The van der Waals surface area contributed by atoms with Crippen LogP contribution in [0, 0.1) is 0 Å². The average Bonchev–Trinajstić information content (AvgIpc) is 4.05. The summed E-state index contributed by atoms with van der Waals surface area (Å²) in [4.78, 5) is 2.45. The molecule has 1 heterocycles. The van der Waals surface area contributed by atoms with Crippen LogP contribution in [0.15, 0.2) is 231 Å². The molecular weight excluding hydrogens is 833 g/mol. The predicted molar refractivity (Wildman–Crippen MR) is 288 cm³/mol. The summed E-state index contributed by atoms with van der Waals surface area (Å²) in [6.07, 6.45) is 0. The van der Waals surface area contributed by atoms with Gasteiger partial charge in [0, 0.05) is 44.4 Å². The van der Waals surface area contributed by atoms with Gasteiger partial charge < -0.3 is 9.47 Å². The number of fused-ring (bicyclic) bond motifs is 7. The lowest BCUT2D eigenvalue weighted by Crippen LogP contribution is -2.29. The number of benzene rings is 10. The van der Waals surface area contributed by atoms with Gasteiger partial charge in [-0.25, -0.2) is 0 Å². The number of hydrogen-bond acceptors (Lipinski definition) is 1. The highest BCUT2D eigenvalue weighted by Gasteiger charge is 2.51. The summed E-state index contributed by atoms with van der Waals surface area (Å²) in [6, 6.07) is 86.3. The van der Waals surface area contributed by atoms with E-state index in [1.54, 1.807) is 0 Å². The van der Waals surface area contributed by atoms with E-state index in [-0.39, 0.29) is 10.8 Å². The standard InChI is InChI=1S/C67H50N2/c1-65(2)54-30-16-14-28-51(54)52-39-38-50(41-57(52)65)68(49-27-18-22-44(40-49)43-20-8-5-9-21-43)47-34-36-48(37-35-47)69-59-33-19-32-56-62(59)63-60(69)42-58-61(64(63)66(56,3)4)53-29-15-17-31-55(53)67(58,45-23-10-6-11-24-45)46-25-12-7-13-26-46/h5-42H,1-4H3. The molecule has 0 unspecified atom stereocenters. The molecule has 0 fully saturated rings. The number of rotatable bonds is 7. The van der Waals surface area contributed by atoms with Crippen molar-refractivity contribution in [3.63, 3.8) is 0 Å². The van der Waals surface area contributed by atoms with Crippen LogP contribution < -0.4 is 4.90 Å². The van der Waals surface area contributed by atoms with E-state index in [1.165, 1.54) is 99.7 Å². The SMILES string of the molecule is CC1(C)c2ccccc2-c2ccc(N(c3ccc(-n4c5cccc6c5c5c(c7c(cc54)C(c4ccccc4)(c4ccccc4)c4ccccc4-7)C6(C)C)cc3)c3cccc(-c4ccccc4)c3)cc21. The van der Waals surface area contributed by atoms with Crippen LogP contribution in [-0.4, -0.2) is 4.57 Å². The zero-order valence-electron chi connectivity index (χ0n) is 39.3. The van der Waals surface area contributed by atoms with Crippen molar-refractivity contribution in [1.29, 1.82) is 0 Å². The Morgan fingerprint density at radius 3 is 1.64 bits per heavy atom. The van der Waals surface area contributed by atoms with Crippen LogP contribution in [0.4, 0.5) is 17.1 Å². The molecule has 0 atom stereocenters. The predicted octanol–water partition coefficient (Wildman–Crippen LogP) is 17.2. The maximum atomic E-state index is 2.57. The summed E-state index contributed by atoms with van der Waals surface area (Å²) >= 11 is 0. The molecule has 2 nitrogen and oxygen atoms in total. The first-order chi connectivity index (χ1) is 33.8. The quantitative estimate of drug-likeness (QED) is 0.155. The van der Waals surface area contributed by atoms with E-state index in [9.17, 15) is 0 Å². The Balaban J connectivity index is 0.994. The fourth-order valence-corrected chi connectivity index (χ4v) is 13.2. The largest absolute Gasteiger partial charge is 0.310 e. The fourth-order valence-electron chi connectivity index (χ4n) is 13.2. The molecule has 0 saturated carbocycles. The second-order valence-electron chi connectivity index (χ2n) is 20.4. The van der Waals surface area contributed by atoms with E-state index >= 15 is 0 Å². The number of anilines is 3. The van der Waals surface area contributed by atoms with Crippen molar-refractivity contribution < 1.29 is 0 Å². The summed E-state index contributed by atoms with van der Waals surface area (Å²) in [5.74, 6) is 0. The maximum Gasteiger partial charge on any atom is 0.0714 e. The van der Waals surface area contributed by atoms with Gasteiger partial charge in [-0.05, 0) is 139 Å². The minimum Gasteiger partial charge on any atom is -0.310 e. The normalized spacial score (nSPS) is 15.0. The molecule has 14 rings (SSSR count). The van der Waals surface area contributed by atoms with Crippen molar-refractivity contribution in [1.82, 2.24) is 4.57 Å². The molecule has 1 aromatic heterocycles. The molecule has 69 heavy (non-hydrogen) atoms. The highest BCUT2D eigenvalue weighted by molar-refractivity contribution is 6.19. The molecule has 3 aliphatic carbocycles. The van der Waals surface area contributed by atoms with Crippen LogP contribution in [0.1, 0.15) is 72.2 Å². The first kappa shape index (κ1) is 39.9. The third kappa shape index (κ3) is 5.37. The lowest BCUT2D eigenvalue weighted by atomic mass is 9.67. The second-order valence-corrected chi connectivity index (χ2v) is 20.4. The van der Waals surface area contributed by atoms with Crippen molar-refractivity contribution in [2.75, 3.05) is 4.90 Å². The van der Waals surface area contributed by atoms with E-state index in [0.29, 0.717) is 0 Å². The van der Waals surface area contributed by atoms with Crippen molar-refractivity contribution >= 4 is 38.9 Å². The lowest BCUT2D eigenvalue weighted by Gasteiger charge is -2.34. The van der Waals surface area contributed by atoms with Crippen molar-refractivity contribution in [3.05, 3.63) is 275 Å². The monoisotopic (exact) mass is 882 g/mol. The Bertz CT molecular complexity index is 3830. The van der Waals surface area contributed by atoms with Crippen LogP contribution in [0.5, 0.6) is 0 Å². The molecule has 2 heteroatoms. The zero-order valence-corrected chi connectivity index (χ0v) is 39.3. The van der Waals surface area contributed by atoms with E-state index in [2.05, 4.69) is 268 Å². The van der Waals surface area contributed by atoms with Gasteiger partial charge in [-0.3, -0.25) is 0 Å². The molecule has 0 saturated heterocycles. The molecule has 0 aliphatic heterocycles. The number of hydrogen-bond donors (Lipinski definition) is 0.